The van der Waals surface area contributed by atoms with Gasteiger partial charge < -0.3 is 10.0 Å². The molecule has 0 aliphatic carbocycles. The van der Waals surface area contributed by atoms with Crippen molar-refractivity contribution in [1.82, 2.24) is 4.98 Å². The van der Waals surface area contributed by atoms with Gasteiger partial charge in [-0.1, -0.05) is 11.6 Å². The van der Waals surface area contributed by atoms with Crippen LogP contribution in [-0.4, -0.2) is 29.1 Å². The molecule has 0 saturated carbocycles. The number of amides is 1. The lowest BCUT2D eigenvalue weighted by Crippen LogP contribution is -2.25. The van der Waals surface area contributed by atoms with Gasteiger partial charge in [-0.05, 0) is 22.0 Å². The van der Waals surface area contributed by atoms with Crippen LogP contribution in [0.2, 0.25) is 5.15 Å². The molecule has 4 nitrogen and oxygen atoms in total. The van der Waals surface area contributed by atoms with Gasteiger partial charge in [0.1, 0.15) is 0 Å². The van der Waals surface area contributed by atoms with E-state index >= 15 is 0 Å². The lowest BCUT2D eigenvalue weighted by molar-refractivity contribution is -0.117. The van der Waals surface area contributed by atoms with Crippen LogP contribution in [0.3, 0.4) is 0 Å². The first-order chi connectivity index (χ1) is 7.61. The molecule has 1 amide bonds. The quantitative estimate of drug-likeness (QED) is 0.848. The molecule has 1 aliphatic heterocycles. The fourth-order valence-corrected chi connectivity index (χ4v) is 2.26. The molecule has 0 aromatic carbocycles. The zero-order valence-electron chi connectivity index (χ0n) is 8.36. The van der Waals surface area contributed by atoms with E-state index < -0.39 is 0 Å². The average Bonchev–Trinajstić information content (AvgIpc) is 2.63. The highest BCUT2D eigenvalue weighted by Crippen LogP contribution is 2.31. The van der Waals surface area contributed by atoms with Gasteiger partial charge in [0.05, 0.1) is 5.69 Å². The van der Waals surface area contributed by atoms with Gasteiger partial charge in [0.15, 0.2) is 5.15 Å². The summed E-state index contributed by atoms with van der Waals surface area (Å²) < 4.78 is 0.771. The summed E-state index contributed by atoms with van der Waals surface area (Å²) in [4.78, 5) is 17.3. The third kappa shape index (κ3) is 2.21. The molecule has 16 heavy (non-hydrogen) atoms. The number of carbonyl (C=O) groups excluding carboxylic acids is 1. The fourth-order valence-electron chi connectivity index (χ4n) is 1.74. The maximum Gasteiger partial charge on any atom is 0.227 e. The van der Waals surface area contributed by atoms with E-state index in [1.165, 1.54) is 0 Å². The van der Waals surface area contributed by atoms with Gasteiger partial charge in [-0.25, -0.2) is 4.98 Å². The highest BCUT2D eigenvalue weighted by Gasteiger charge is 2.31. The first kappa shape index (κ1) is 11.8. The Kier molecular flexibility index (Phi) is 3.47. The van der Waals surface area contributed by atoms with E-state index in [4.69, 9.17) is 16.7 Å². The van der Waals surface area contributed by atoms with Gasteiger partial charge in [-0.3, -0.25) is 4.79 Å². The molecule has 1 aromatic heterocycles. The van der Waals surface area contributed by atoms with Crippen molar-refractivity contribution < 1.29 is 9.90 Å². The van der Waals surface area contributed by atoms with E-state index in [1.807, 2.05) is 0 Å². The van der Waals surface area contributed by atoms with E-state index in [-0.39, 0.29) is 18.4 Å². The van der Waals surface area contributed by atoms with E-state index in [0.29, 0.717) is 23.8 Å². The van der Waals surface area contributed by atoms with Gasteiger partial charge in [0, 0.05) is 36.2 Å². The Morgan fingerprint density at radius 2 is 2.44 bits per heavy atom. The van der Waals surface area contributed by atoms with E-state index in [9.17, 15) is 4.79 Å². The maximum absolute atomic E-state index is 11.7. The Morgan fingerprint density at radius 1 is 1.69 bits per heavy atom. The number of aliphatic hydroxyl groups is 1. The van der Waals surface area contributed by atoms with Crippen molar-refractivity contribution in [2.75, 3.05) is 18.1 Å². The summed E-state index contributed by atoms with van der Waals surface area (Å²) in [6.07, 6.45) is 1.94. The van der Waals surface area contributed by atoms with Crippen molar-refractivity contribution in [1.29, 1.82) is 0 Å². The highest BCUT2D eigenvalue weighted by molar-refractivity contribution is 9.10. The number of rotatable bonds is 2. The van der Waals surface area contributed by atoms with Crippen molar-refractivity contribution in [2.24, 2.45) is 5.92 Å². The summed E-state index contributed by atoms with van der Waals surface area (Å²) in [5, 5.41) is 9.34. The molecule has 1 atom stereocenters. The van der Waals surface area contributed by atoms with Crippen LogP contribution in [0.15, 0.2) is 16.7 Å². The van der Waals surface area contributed by atoms with Crippen LogP contribution in [-0.2, 0) is 4.79 Å². The second kappa shape index (κ2) is 4.69. The highest BCUT2D eigenvalue weighted by atomic mass is 79.9. The van der Waals surface area contributed by atoms with Crippen LogP contribution >= 0.6 is 27.5 Å². The summed E-state index contributed by atoms with van der Waals surface area (Å²) in [5.74, 6) is -0.0385. The largest absolute Gasteiger partial charge is 0.396 e. The molecule has 1 aromatic rings. The first-order valence-electron chi connectivity index (χ1n) is 4.84. The Balaban J connectivity index is 2.30. The molecule has 1 fully saturated rings. The predicted molar refractivity (Wildman–Crippen MR) is 64.5 cm³/mol. The molecule has 1 aliphatic rings. The lowest BCUT2D eigenvalue weighted by Gasteiger charge is -2.17. The Morgan fingerprint density at radius 3 is 3.06 bits per heavy atom. The first-order valence-corrected chi connectivity index (χ1v) is 6.01. The van der Waals surface area contributed by atoms with Crippen molar-refractivity contribution in [3.63, 3.8) is 0 Å². The molecule has 0 bridgehead atoms. The molecule has 1 saturated heterocycles. The average molecular weight is 306 g/mol. The summed E-state index contributed by atoms with van der Waals surface area (Å²) in [6, 6.07) is 1.76. The standard InChI is InChI=1S/C10H10BrClN2O2/c11-7-2-8(10(12)13-3-7)14-4-6(5-15)1-9(14)16/h2-3,6,15H,1,4-5H2. The molecule has 0 radical (unpaired) electrons. The zero-order valence-corrected chi connectivity index (χ0v) is 10.7. The molecule has 1 unspecified atom stereocenters. The third-order valence-corrected chi connectivity index (χ3v) is 3.27. The Hall–Kier alpha value is -0.650. The SMILES string of the molecule is O=C1CC(CO)CN1c1cc(Br)cnc1Cl. The van der Waals surface area contributed by atoms with Gasteiger partial charge in [-0.15, -0.1) is 0 Å². The topological polar surface area (TPSA) is 53.4 Å². The number of aromatic nitrogens is 1. The summed E-state index contributed by atoms with van der Waals surface area (Å²) in [7, 11) is 0. The number of pyridine rings is 1. The number of anilines is 1. The predicted octanol–water partition coefficient (Wildman–Crippen LogP) is 1.84. The molecular formula is C10H10BrClN2O2. The van der Waals surface area contributed by atoms with Crippen molar-refractivity contribution in [2.45, 2.75) is 6.42 Å². The van der Waals surface area contributed by atoms with Crippen molar-refractivity contribution in [3.05, 3.63) is 21.9 Å². The number of halogens is 2. The minimum atomic E-state index is -0.0270. The van der Waals surface area contributed by atoms with Gasteiger partial charge >= 0.3 is 0 Å². The van der Waals surface area contributed by atoms with E-state index in [1.54, 1.807) is 17.2 Å². The Bertz CT molecular complexity index is 427. The van der Waals surface area contributed by atoms with Gasteiger partial charge in [0.25, 0.3) is 0 Å². The fraction of sp³-hybridized carbons (Fsp3) is 0.400. The minimum Gasteiger partial charge on any atom is -0.396 e. The number of nitrogens with zero attached hydrogens (tertiary/aromatic N) is 2. The van der Waals surface area contributed by atoms with Crippen molar-refractivity contribution in [3.8, 4) is 0 Å². The number of hydrogen-bond donors (Lipinski definition) is 1. The summed E-state index contributed by atoms with van der Waals surface area (Å²) >= 11 is 9.23. The number of hydrogen-bond acceptors (Lipinski definition) is 3. The number of aliphatic hydroxyl groups excluding tert-OH is 1. The molecule has 0 spiro atoms. The normalized spacial score (nSPS) is 20.6. The van der Waals surface area contributed by atoms with Crippen LogP contribution in [0, 0.1) is 5.92 Å². The summed E-state index contributed by atoms with van der Waals surface area (Å²) in [5.41, 5.74) is 0.594. The van der Waals surface area contributed by atoms with Crippen LogP contribution < -0.4 is 4.90 Å². The monoisotopic (exact) mass is 304 g/mol. The maximum atomic E-state index is 11.7. The third-order valence-electron chi connectivity index (χ3n) is 2.54. The minimum absolute atomic E-state index is 0.0115. The van der Waals surface area contributed by atoms with Crippen LogP contribution in [0.25, 0.3) is 0 Å². The van der Waals surface area contributed by atoms with E-state index in [0.717, 1.165) is 4.47 Å². The molecule has 2 heterocycles. The van der Waals surface area contributed by atoms with Gasteiger partial charge in [0.2, 0.25) is 5.91 Å². The summed E-state index contributed by atoms with van der Waals surface area (Å²) in [6.45, 7) is 0.508. The lowest BCUT2D eigenvalue weighted by atomic mass is 10.1. The van der Waals surface area contributed by atoms with Crippen LogP contribution in [0.4, 0.5) is 5.69 Å². The molecular weight excluding hydrogens is 295 g/mol. The second-order valence-corrected chi connectivity index (χ2v) is 4.99. The smallest absolute Gasteiger partial charge is 0.227 e. The second-order valence-electron chi connectivity index (χ2n) is 3.72. The number of carbonyl (C=O) groups is 1. The zero-order chi connectivity index (χ0) is 11.7. The molecule has 2 rings (SSSR count). The molecule has 6 heteroatoms. The van der Waals surface area contributed by atoms with Gasteiger partial charge in [-0.2, -0.15) is 0 Å². The van der Waals surface area contributed by atoms with Crippen molar-refractivity contribution >= 4 is 39.1 Å². The van der Waals surface area contributed by atoms with E-state index in [2.05, 4.69) is 20.9 Å². The molecule has 86 valence electrons. The molecule has 1 N–H and O–H groups in total. The Labute approximate surface area is 106 Å². The van der Waals surface area contributed by atoms with Crippen LogP contribution in [0.1, 0.15) is 6.42 Å². The van der Waals surface area contributed by atoms with Crippen LogP contribution in [0.5, 0.6) is 0 Å².